The molecular weight excluding hydrogens is 358 g/mol. The molecule has 1 amide bonds. The molecule has 0 aliphatic carbocycles. The summed E-state index contributed by atoms with van der Waals surface area (Å²) < 4.78 is 5.56. The number of hydrogen-bond acceptors (Lipinski definition) is 2. The van der Waals surface area contributed by atoms with Gasteiger partial charge in [0.2, 0.25) is 5.91 Å². The highest BCUT2D eigenvalue weighted by atomic mass is 16.5. The highest BCUT2D eigenvalue weighted by molar-refractivity contribution is 6.09. The van der Waals surface area contributed by atoms with E-state index in [4.69, 9.17) is 4.74 Å². The maximum atomic E-state index is 13.5. The fourth-order valence-electron chi connectivity index (χ4n) is 4.55. The summed E-state index contributed by atoms with van der Waals surface area (Å²) in [6, 6.07) is 30.4. The molecule has 142 valence electrons. The summed E-state index contributed by atoms with van der Waals surface area (Å²) >= 11 is 0. The average molecular weight is 379 g/mol. The van der Waals surface area contributed by atoms with E-state index >= 15 is 0 Å². The van der Waals surface area contributed by atoms with Crippen molar-refractivity contribution in [3.05, 3.63) is 108 Å². The van der Waals surface area contributed by atoms with Gasteiger partial charge in [0.15, 0.2) is 0 Å². The number of anilines is 1. The second kappa shape index (κ2) is 6.78. The van der Waals surface area contributed by atoms with Gasteiger partial charge in [-0.05, 0) is 40.6 Å². The lowest BCUT2D eigenvalue weighted by atomic mass is 9.70. The molecule has 0 unspecified atom stereocenters. The molecule has 1 aliphatic heterocycles. The zero-order chi connectivity index (χ0) is 19.8. The summed E-state index contributed by atoms with van der Waals surface area (Å²) in [5.41, 5.74) is 3.27. The number of para-hydroxylation sites is 1. The van der Waals surface area contributed by atoms with E-state index in [-0.39, 0.29) is 5.91 Å². The Morgan fingerprint density at radius 1 is 0.793 bits per heavy atom. The maximum absolute atomic E-state index is 13.5. The highest BCUT2D eigenvalue weighted by Gasteiger charge is 2.48. The van der Waals surface area contributed by atoms with Crippen molar-refractivity contribution in [3.63, 3.8) is 0 Å². The fourth-order valence-corrected chi connectivity index (χ4v) is 4.55. The predicted octanol–water partition coefficient (Wildman–Crippen LogP) is 5.33. The third-order valence-electron chi connectivity index (χ3n) is 5.94. The summed E-state index contributed by atoms with van der Waals surface area (Å²) in [7, 11) is 1.69. The van der Waals surface area contributed by atoms with Crippen molar-refractivity contribution in [3.8, 4) is 5.75 Å². The van der Waals surface area contributed by atoms with E-state index in [0.717, 1.165) is 38.9 Å². The Labute approximate surface area is 170 Å². The number of hydrogen-bond donors (Lipinski definition) is 1. The van der Waals surface area contributed by atoms with E-state index < -0.39 is 5.41 Å². The number of methoxy groups -OCH3 is 1. The third kappa shape index (κ3) is 2.62. The number of rotatable bonds is 4. The Balaban J connectivity index is 1.76. The number of carbonyl (C=O) groups is 1. The highest BCUT2D eigenvalue weighted by Crippen LogP contribution is 2.46. The largest absolute Gasteiger partial charge is 0.496 e. The number of carbonyl (C=O) groups excluding carboxylic acids is 1. The predicted molar refractivity (Wildman–Crippen MR) is 116 cm³/mol. The topological polar surface area (TPSA) is 38.3 Å². The van der Waals surface area contributed by atoms with Crippen LogP contribution in [-0.2, 0) is 16.6 Å². The van der Waals surface area contributed by atoms with Crippen molar-refractivity contribution in [2.75, 3.05) is 12.4 Å². The van der Waals surface area contributed by atoms with Crippen molar-refractivity contribution in [2.45, 2.75) is 11.8 Å². The molecule has 0 bridgehead atoms. The Hall–Kier alpha value is -3.59. The molecule has 29 heavy (non-hydrogen) atoms. The van der Waals surface area contributed by atoms with Gasteiger partial charge in [0.05, 0.1) is 7.11 Å². The lowest BCUT2D eigenvalue weighted by molar-refractivity contribution is -0.119. The van der Waals surface area contributed by atoms with Gasteiger partial charge >= 0.3 is 0 Å². The molecule has 1 heterocycles. The lowest BCUT2D eigenvalue weighted by Crippen LogP contribution is -2.38. The summed E-state index contributed by atoms with van der Waals surface area (Å²) in [5, 5.41) is 5.28. The maximum Gasteiger partial charge on any atom is 0.239 e. The molecule has 0 spiro atoms. The molecule has 4 aromatic carbocycles. The summed E-state index contributed by atoms with van der Waals surface area (Å²) in [4.78, 5) is 13.5. The Morgan fingerprint density at radius 2 is 1.48 bits per heavy atom. The minimum absolute atomic E-state index is 0.0183. The average Bonchev–Trinajstić information content (AvgIpc) is 3.06. The molecule has 0 saturated heterocycles. The first-order chi connectivity index (χ1) is 14.2. The van der Waals surface area contributed by atoms with Gasteiger partial charge in [0, 0.05) is 11.1 Å². The lowest BCUT2D eigenvalue weighted by Gasteiger charge is -2.29. The van der Waals surface area contributed by atoms with Gasteiger partial charge in [0.1, 0.15) is 11.2 Å². The minimum atomic E-state index is -0.769. The van der Waals surface area contributed by atoms with Gasteiger partial charge in [-0.1, -0.05) is 78.9 Å². The molecule has 1 atom stereocenters. The van der Waals surface area contributed by atoms with Crippen LogP contribution in [0.3, 0.4) is 0 Å². The summed E-state index contributed by atoms with van der Waals surface area (Å²) in [6.07, 6.45) is 0.574. The van der Waals surface area contributed by atoms with Crippen LogP contribution < -0.4 is 10.1 Å². The van der Waals surface area contributed by atoms with Crippen molar-refractivity contribution < 1.29 is 9.53 Å². The zero-order valence-electron chi connectivity index (χ0n) is 16.2. The molecule has 0 fully saturated rings. The molecule has 0 saturated carbocycles. The van der Waals surface area contributed by atoms with Gasteiger partial charge in [-0.3, -0.25) is 4.79 Å². The van der Waals surface area contributed by atoms with Gasteiger partial charge < -0.3 is 10.1 Å². The van der Waals surface area contributed by atoms with Gasteiger partial charge in [-0.2, -0.15) is 0 Å². The molecule has 5 rings (SSSR count). The van der Waals surface area contributed by atoms with Crippen LogP contribution >= 0.6 is 0 Å². The van der Waals surface area contributed by atoms with E-state index in [9.17, 15) is 4.79 Å². The smallest absolute Gasteiger partial charge is 0.239 e. The van der Waals surface area contributed by atoms with Crippen molar-refractivity contribution in [2.24, 2.45) is 0 Å². The molecule has 0 aromatic heterocycles. The van der Waals surface area contributed by atoms with Crippen LogP contribution in [-0.4, -0.2) is 13.0 Å². The number of benzene rings is 4. The van der Waals surface area contributed by atoms with E-state index in [1.807, 2.05) is 66.7 Å². The summed E-state index contributed by atoms with van der Waals surface area (Å²) in [6.45, 7) is 0. The first-order valence-electron chi connectivity index (χ1n) is 9.75. The van der Waals surface area contributed by atoms with Crippen LogP contribution in [0.25, 0.3) is 10.8 Å². The van der Waals surface area contributed by atoms with Gasteiger partial charge in [-0.25, -0.2) is 0 Å². The van der Waals surface area contributed by atoms with Crippen molar-refractivity contribution >= 4 is 22.4 Å². The SMILES string of the molecule is COc1ccc(C[C@@]2(c3ccccc3)C(=O)Nc3ccccc32)c2ccccc12. The standard InChI is InChI=1S/C26H21NO2/c1-29-24-16-15-18(20-11-5-6-12-21(20)24)17-26(19-9-3-2-4-10-19)22-13-7-8-14-23(22)27-25(26)28/h2-16H,17H2,1H3,(H,27,28)/t26-/m0/s1. The van der Waals surface area contributed by atoms with Crippen molar-refractivity contribution in [1.82, 2.24) is 0 Å². The normalized spacial score (nSPS) is 17.8. The second-order valence-electron chi connectivity index (χ2n) is 7.42. The monoisotopic (exact) mass is 379 g/mol. The first kappa shape index (κ1) is 17.5. The molecule has 3 heteroatoms. The van der Waals surface area contributed by atoms with Crippen LogP contribution in [0.1, 0.15) is 16.7 Å². The van der Waals surface area contributed by atoms with E-state index in [1.54, 1.807) is 7.11 Å². The van der Waals surface area contributed by atoms with Crippen LogP contribution in [0, 0.1) is 0 Å². The second-order valence-corrected chi connectivity index (χ2v) is 7.42. The zero-order valence-corrected chi connectivity index (χ0v) is 16.2. The van der Waals surface area contributed by atoms with E-state index in [1.165, 1.54) is 0 Å². The molecule has 0 radical (unpaired) electrons. The Morgan fingerprint density at radius 3 is 2.28 bits per heavy atom. The molecule has 1 N–H and O–H groups in total. The van der Waals surface area contributed by atoms with E-state index in [2.05, 4.69) is 29.6 Å². The molecule has 3 nitrogen and oxygen atoms in total. The first-order valence-corrected chi connectivity index (χ1v) is 9.75. The number of ether oxygens (including phenoxy) is 1. The molecular formula is C26H21NO2. The number of nitrogens with one attached hydrogen (secondary N) is 1. The third-order valence-corrected chi connectivity index (χ3v) is 5.94. The van der Waals surface area contributed by atoms with Gasteiger partial charge in [0.25, 0.3) is 0 Å². The van der Waals surface area contributed by atoms with E-state index in [0.29, 0.717) is 6.42 Å². The van der Waals surface area contributed by atoms with Crippen LogP contribution in [0.5, 0.6) is 5.75 Å². The molecule has 1 aliphatic rings. The van der Waals surface area contributed by atoms with Crippen LogP contribution in [0.4, 0.5) is 5.69 Å². The van der Waals surface area contributed by atoms with Crippen molar-refractivity contribution in [1.29, 1.82) is 0 Å². The van der Waals surface area contributed by atoms with Gasteiger partial charge in [-0.15, -0.1) is 0 Å². The summed E-state index contributed by atoms with van der Waals surface area (Å²) in [5.74, 6) is 0.860. The number of fused-ring (bicyclic) bond motifs is 2. The van der Waals surface area contributed by atoms with Crippen LogP contribution in [0.2, 0.25) is 0 Å². The number of amides is 1. The van der Waals surface area contributed by atoms with Crippen LogP contribution in [0.15, 0.2) is 91.0 Å². The molecule has 4 aromatic rings. The Kier molecular flexibility index (Phi) is 4.09. The fraction of sp³-hybridized carbons (Fsp3) is 0.115. The minimum Gasteiger partial charge on any atom is -0.496 e. The Bertz CT molecular complexity index is 1220. The quantitative estimate of drug-likeness (QED) is 0.520.